The van der Waals surface area contributed by atoms with Crippen LogP contribution in [0.3, 0.4) is 0 Å². The van der Waals surface area contributed by atoms with Gasteiger partial charge in [0.25, 0.3) is 0 Å². The molecule has 0 spiro atoms. The number of hydrogen-bond donors (Lipinski definition) is 0. The Labute approximate surface area is 185 Å². The third kappa shape index (κ3) is 3.19. The summed E-state index contributed by atoms with van der Waals surface area (Å²) in [6.07, 6.45) is 7.69. The molecule has 0 N–H and O–H groups in total. The SMILES string of the molecule is COc1cccc2c1N=CC1C(=O)N(c3cccc(SC)c3)C(=O)[N+](C3CCCC3)=C21. The molecule has 0 saturated heterocycles. The number of anilines is 1. The van der Waals surface area contributed by atoms with Crippen LogP contribution in [0, 0.1) is 5.92 Å². The first-order valence-corrected chi connectivity index (χ1v) is 11.8. The minimum absolute atomic E-state index is 0.0786. The summed E-state index contributed by atoms with van der Waals surface area (Å²) < 4.78 is 7.36. The van der Waals surface area contributed by atoms with E-state index in [1.54, 1.807) is 25.1 Å². The van der Waals surface area contributed by atoms with Crippen LogP contribution >= 0.6 is 11.8 Å². The molecule has 2 heterocycles. The number of amides is 3. The molecule has 31 heavy (non-hydrogen) atoms. The second-order valence-electron chi connectivity index (χ2n) is 7.96. The average molecular weight is 435 g/mol. The number of carbonyl (C=O) groups is 2. The number of methoxy groups -OCH3 is 1. The van der Waals surface area contributed by atoms with Crippen LogP contribution in [0.15, 0.2) is 52.4 Å². The van der Waals surface area contributed by atoms with E-state index in [9.17, 15) is 9.59 Å². The topological polar surface area (TPSA) is 62.0 Å². The lowest BCUT2D eigenvalue weighted by Gasteiger charge is -2.31. The lowest BCUT2D eigenvalue weighted by atomic mass is 9.89. The number of urea groups is 1. The molecular weight excluding hydrogens is 410 g/mol. The van der Waals surface area contributed by atoms with Crippen LogP contribution in [0.2, 0.25) is 0 Å². The Bertz CT molecular complexity index is 1130. The van der Waals surface area contributed by atoms with Gasteiger partial charge in [-0.1, -0.05) is 12.1 Å². The maximum absolute atomic E-state index is 13.9. The lowest BCUT2D eigenvalue weighted by molar-refractivity contribution is -0.470. The predicted molar refractivity (Wildman–Crippen MR) is 122 cm³/mol. The van der Waals surface area contributed by atoms with E-state index in [1.165, 1.54) is 4.90 Å². The molecule has 1 saturated carbocycles. The van der Waals surface area contributed by atoms with Gasteiger partial charge in [-0.2, -0.15) is 9.37 Å². The van der Waals surface area contributed by atoms with Gasteiger partial charge in [0.2, 0.25) is 0 Å². The number of fused-ring (bicyclic) bond motifs is 3. The molecule has 1 atom stereocenters. The number of benzene rings is 2. The molecule has 1 aliphatic carbocycles. The second kappa shape index (κ2) is 7.96. The van der Waals surface area contributed by atoms with Gasteiger partial charge in [0.1, 0.15) is 28.9 Å². The number of carbonyl (C=O) groups excluding carboxylic acids is 2. The van der Waals surface area contributed by atoms with E-state index in [0.717, 1.165) is 41.9 Å². The third-order valence-corrected chi connectivity index (χ3v) is 7.01. The van der Waals surface area contributed by atoms with Crippen LogP contribution in [0.25, 0.3) is 0 Å². The second-order valence-corrected chi connectivity index (χ2v) is 8.84. The Morgan fingerprint density at radius 3 is 2.65 bits per heavy atom. The monoisotopic (exact) mass is 434 g/mol. The number of aliphatic imine (C=N–C) groups is 1. The van der Waals surface area contributed by atoms with Gasteiger partial charge in [-0.05, 0) is 62.3 Å². The first-order chi connectivity index (χ1) is 15.1. The highest BCUT2D eigenvalue weighted by molar-refractivity contribution is 7.98. The molecule has 5 rings (SSSR count). The Morgan fingerprint density at radius 2 is 1.90 bits per heavy atom. The molecule has 158 valence electrons. The van der Waals surface area contributed by atoms with Gasteiger partial charge in [0.15, 0.2) is 5.92 Å². The molecule has 1 fully saturated rings. The van der Waals surface area contributed by atoms with E-state index < -0.39 is 5.92 Å². The number of rotatable bonds is 4. The van der Waals surface area contributed by atoms with E-state index >= 15 is 0 Å². The maximum Gasteiger partial charge on any atom is 0.506 e. The summed E-state index contributed by atoms with van der Waals surface area (Å²) in [4.78, 5) is 34.4. The van der Waals surface area contributed by atoms with Gasteiger partial charge in [-0.3, -0.25) is 4.99 Å². The van der Waals surface area contributed by atoms with Crippen molar-refractivity contribution in [2.75, 3.05) is 18.3 Å². The molecular formula is C24H24N3O3S+. The van der Waals surface area contributed by atoms with Crippen molar-refractivity contribution in [2.24, 2.45) is 10.9 Å². The molecule has 2 aromatic carbocycles. The highest BCUT2D eigenvalue weighted by atomic mass is 32.2. The van der Waals surface area contributed by atoms with Crippen molar-refractivity contribution >= 4 is 47.0 Å². The highest BCUT2D eigenvalue weighted by Crippen LogP contribution is 2.39. The largest absolute Gasteiger partial charge is 0.506 e. The van der Waals surface area contributed by atoms with E-state index in [4.69, 9.17) is 4.74 Å². The van der Waals surface area contributed by atoms with Crippen molar-refractivity contribution in [2.45, 2.75) is 36.6 Å². The zero-order valence-corrected chi connectivity index (χ0v) is 18.4. The van der Waals surface area contributed by atoms with Crippen LogP contribution < -0.4 is 9.64 Å². The zero-order valence-electron chi connectivity index (χ0n) is 17.6. The molecule has 0 bridgehead atoms. The molecule has 0 radical (unpaired) electrons. The minimum Gasteiger partial charge on any atom is -0.494 e. The van der Waals surface area contributed by atoms with Crippen molar-refractivity contribution in [3.8, 4) is 5.75 Å². The molecule has 3 aliphatic rings. The van der Waals surface area contributed by atoms with Gasteiger partial charge in [0.05, 0.1) is 7.11 Å². The number of ether oxygens (including phenoxy) is 1. The Morgan fingerprint density at radius 1 is 1.13 bits per heavy atom. The van der Waals surface area contributed by atoms with E-state index in [-0.39, 0.29) is 18.0 Å². The van der Waals surface area contributed by atoms with Gasteiger partial charge in [-0.25, -0.2) is 4.79 Å². The van der Waals surface area contributed by atoms with Gasteiger partial charge >= 0.3 is 11.9 Å². The summed E-state index contributed by atoms with van der Waals surface area (Å²) in [5.41, 5.74) is 2.83. The maximum atomic E-state index is 13.9. The van der Waals surface area contributed by atoms with Crippen molar-refractivity contribution in [3.63, 3.8) is 0 Å². The molecule has 2 aromatic rings. The van der Waals surface area contributed by atoms with Crippen molar-refractivity contribution in [1.82, 2.24) is 0 Å². The van der Waals surface area contributed by atoms with Gasteiger partial charge in [0, 0.05) is 16.7 Å². The molecule has 2 aliphatic heterocycles. The molecule has 0 aromatic heterocycles. The van der Waals surface area contributed by atoms with Crippen LogP contribution in [0.5, 0.6) is 5.75 Å². The van der Waals surface area contributed by atoms with Crippen LogP contribution in [0.1, 0.15) is 31.2 Å². The highest BCUT2D eigenvalue weighted by Gasteiger charge is 2.52. The van der Waals surface area contributed by atoms with Gasteiger partial charge < -0.3 is 4.74 Å². The minimum atomic E-state index is -0.601. The van der Waals surface area contributed by atoms with E-state index in [0.29, 0.717) is 17.1 Å². The summed E-state index contributed by atoms with van der Waals surface area (Å²) in [5, 5.41) is 0. The fraction of sp³-hybridized carbons (Fsp3) is 0.333. The molecule has 3 amide bonds. The summed E-state index contributed by atoms with van der Waals surface area (Å²) in [5.74, 6) is -0.221. The normalized spacial score (nSPS) is 20.8. The van der Waals surface area contributed by atoms with Crippen LogP contribution in [-0.2, 0) is 4.79 Å². The molecule has 7 heteroatoms. The lowest BCUT2D eigenvalue weighted by Crippen LogP contribution is -2.58. The summed E-state index contributed by atoms with van der Waals surface area (Å²) in [6, 6.07) is 13.1. The first-order valence-electron chi connectivity index (χ1n) is 10.5. The molecule has 6 nitrogen and oxygen atoms in total. The molecule has 1 unspecified atom stereocenters. The van der Waals surface area contributed by atoms with E-state index in [1.807, 2.05) is 53.3 Å². The number of thioether (sulfide) groups is 1. The number of imide groups is 1. The summed E-state index contributed by atoms with van der Waals surface area (Å²) >= 11 is 1.58. The van der Waals surface area contributed by atoms with Crippen LogP contribution in [0.4, 0.5) is 16.2 Å². The Balaban J connectivity index is 1.73. The first kappa shape index (κ1) is 20.0. The Hall–Kier alpha value is -2.93. The summed E-state index contributed by atoms with van der Waals surface area (Å²) in [7, 11) is 1.61. The Kier molecular flexibility index (Phi) is 5.14. The quantitative estimate of drug-likeness (QED) is 0.519. The number of para-hydroxylation sites is 1. The van der Waals surface area contributed by atoms with Crippen molar-refractivity contribution < 1.29 is 18.9 Å². The van der Waals surface area contributed by atoms with Crippen molar-refractivity contribution in [3.05, 3.63) is 48.0 Å². The zero-order chi connectivity index (χ0) is 21.5. The van der Waals surface area contributed by atoms with Gasteiger partial charge in [-0.15, -0.1) is 16.7 Å². The predicted octanol–water partition coefficient (Wildman–Crippen LogP) is 4.66. The third-order valence-electron chi connectivity index (χ3n) is 6.29. The fourth-order valence-electron chi connectivity index (χ4n) is 4.82. The van der Waals surface area contributed by atoms with E-state index in [2.05, 4.69) is 4.99 Å². The number of hydrogen-bond acceptors (Lipinski definition) is 5. The standard InChI is InChI=1S/C24H24N3O3S/c1-30-20-12-6-11-18-21(20)25-14-19-22(18)26(15-7-3-4-8-15)24(29)27(23(19)28)16-9-5-10-17(13-16)31-2/h5-6,9-15,19H,3-4,7-8H2,1-2H3/q+1. The smallest absolute Gasteiger partial charge is 0.494 e. The van der Waals surface area contributed by atoms with Crippen molar-refractivity contribution in [1.29, 1.82) is 0 Å². The fourth-order valence-corrected chi connectivity index (χ4v) is 5.27. The van der Waals surface area contributed by atoms with Crippen LogP contribution in [-0.4, -0.2) is 47.8 Å². The number of nitrogens with zero attached hydrogens (tertiary/aromatic N) is 3. The summed E-state index contributed by atoms with van der Waals surface area (Å²) in [6.45, 7) is 0. The average Bonchev–Trinajstić information content (AvgIpc) is 3.33.